The molecule has 0 spiro atoms. The number of methoxy groups -OCH3 is 1. The average molecular weight is 186 g/mol. The Hall–Kier alpha value is -1.90. The summed E-state index contributed by atoms with van der Waals surface area (Å²) in [4.78, 5) is 8.22. The second-order valence-corrected chi connectivity index (χ2v) is 2.82. The van der Waals surface area contributed by atoms with Crippen LogP contribution < -0.4 is 4.74 Å². The molecule has 0 aliphatic carbocycles. The van der Waals surface area contributed by atoms with E-state index in [9.17, 15) is 0 Å². The summed E-state index contributed by atoms with van der Waals surface area (Å²) in [7, 11) is 1.65. The Bertz CT molecular complexity index is 415. The molecule has 3 nitrogen and oxygen atoms in total. The number of hydrogen-bond acceptors (Lipinski definition) is 3. The summed E-state index contributed by atoms with van der Waals surface area (Å²) in [6.45, 7) is 0. The Kier molecular flexibility index (Phi) is 2.40. The van der Waals surface area contributed by atoms with Gasteiger partial charge in [-0.25, -0.2) is 0 Å². The maximum atomic E-state index is 5.13. The molecule has 0 saturated carbocycles. The van der Waals surface area contributed by atoms with Crippen LogP contribution in [-0.4, -0.2) is 17.1 Å². The summed E-state index contributed by atoms with van der Waals surface area (Å²) in [6, 6.07) is 7.75. The lowest BCUT2D eigenvalue weighted by Crippen LogP contribution is -1.86. The monoisotopic (exact) mass is 186 g/mol. The van der Waals surface area contributed by atoms with Gasteiger partial charge in [-0.2, -0.15) is 0 Å². The topological polar surface area (TPSA) is 35.0 Å². The highest BCUT2D eigenvalue weighted by atomic mass is 16.5. The minimum absolute atomic E-state index is 0.827. The Morgan fingerprint density at radius 1 is 1.21 bits per heavy atom. The Labute approximate surface area is 82.4 Å². The lowest BCUT2D eigenvalue weighted by Gasteiger charge is -2.02. The van der Waals surface area contributed by atoms with Crippen molar-refractivity contribution in [3.05, 3.63) is 42.9 Å². The quantitative estimate of drug-likeness (QED) is 0.720. The standard InChI is InChI=1S/C11H10N2O/c1-14-10-4-2-3-9(7-10)11-8-12-5-6-13-11/h2-8H,1H3. The first-order chi connectivity index (χ1) is 6.90. The van der Waals surface area contributed by atoms with Gasteiger partial charge < -0.3 is 4.74 Å². The number of rotatable bonds is 2. The van der Waals surface area contributed by atoms with Crippen LogP contribution in [0.1, 0.15) is 0 Å². The summed E-state index contributed by atoms with van der Waals surface area (Å²) in [5.41, 5.74) is 1.86. The van der Waals surface area contributed by atoms with E-state index >= 15 is 0 Å². The molecule has 0 atom stereocenters. The molecular weight excluding hydrogens is 176 g/mol. The number of nitrogens with zero attached hydrogens (tertiary/aromatic N) is 2. The lowest BCUT2D eigenvalue weighted by atomic mass is 10.1. The molecule has 0 amide bonds. The molecule has 0 radical (unpaired) electrons. The van der Waals surface area contributed by atoms with E-state index in [-0.39, 0.29) is 0 Å². The zero-order valence-corrected chi connectivity index (χ0v) is 7.84. The van der Waals surface area contributed by atoms with Crippen molar-refractivity contribution in [1.82, 2.24) is 9.97 Å². The highest BCUT2D eigenvalue weighted by Gasteiger charge is 1.99. The highest BCUT2D eigenvalue weighted by Crippen LogP contribution is 2.20. The molecule has 0 unspecified atom stereocenters. The van der Waals surface area contributed by atoms with Gasteiger partial charge in [-0.05, 0) is 12.1 Å². The summed E-state index contributed by atoms with van der Waals surface area (Å²) < 4.78 is 5.13. The van der Waals surface area contributed by atoms with Gasteiger partial charge in [0.2, 0.25) is 0 Å². The fourth-order valence-corrected chi connectivity index (χ4v) is 1.23. The molecule has 0 N–H and O–H groups in total. The van der Waals surface area contributed by atoms with Crippen molar-refractivity contribution in [2.45, 2.75) is 0 Å². The van der Waals surface area contributed by atoms with Gasteiger partial charge in [0.05, 0.1) is 19.0 Å². The fourth-order valence-electron chi connectivity index (χ4n) is 1.23. The first-order valence-corrected chi connectivity index (χ1v) is 4.30. The van der Waals surface area contributed by atoms with Crippen LogP contribution in [0.5, 0.6) is 5.75 Å². The van der Waals surface area contributed by atoms with Gasteiger partial charge in [-0.15, -0.1) is 0 Å². The van der Waals surface area contributed by atoms with Gasteiger partial charge in [0.15, 0.2) is 0 Å². The second kappa shape index (κ2) is 3.87. The maximum Gasteiger partial charge on any atom is 0.119 e. The molecule has 0 aliphatic heterocycles. The van der Waals surface area contributed by atoms with Crippen LogP contribution in [0, 0.1) is 0 Å². The van der Waals surface area contributed by atoms with Gasteiger partial charge >= 0.3 is 0 Å². The summed E-state index contributed by atoms with van der Waals surface area (Å²) in [5, 5.41) is 0. The fraction of sp³-hybridized carbons (Fsp3) is 0.0909. The van der Waals surface area contributed by atoms with E-state index in [2.05, 4.69) is 9.97 Å². The third-order valence-electron chi connectivity index (χ3n) is 1.93. The van der Waals surface area contributed by atoms with Crippen LogP contribution in [0.25, 0.3) is 11.3 Å². The van der Waals surface area contributed by atoms with Gasteiger partial charge in [0.25, 0.3) is 0 Å². The van der Waals surface area contributed by atoms with Crippen LogP contribution in [0.4, 0.5) is 0 Å². The molecule has 1 aromatic heterocycles. The van der Waals surface area contributed by atoms with Crippen molar-refractivity contribution in [3.63, 3.8) is 0 Å². The first kappa shape index (κ1) is 8.69. The molecular formula is C11H10N2O. The number of hydrogen-bond donors (Lipinski definition) is 0. The minimum Gasteiger partial charge on any atom is -0.497 e. The van der Waals surface area contributed by atoms with E-state index in [4.69, 9.17) is 4.74 Å². The van der Waals surface area contributed by atoms with E-state index in [0.29, 0.717) is 0 Å². The van der Waals surface area contributed by atoms with Crippen LogP contribution in [0.3, 0.4) is 0 Å². The van der Waals surface area contributed by atoms with E-state index in [1.54, 1.807) is 25.7 Å². The maximum absolute atomic E-state index is 5.13. The molecule has 2 rings (SSSR count). The highest BCUT2D eigenvalue weighted by molar-refractivity contribution is 5.59. The molecule has 3 heteroatoms. The minimum atomic E-state index is 0.827. The molecule has 2 aromatic rings. The molecule has 0 aliphatic rings. The third-order valence-corrected chi connectivity index (χ3v) is 1.93. The Balaban J connectivity index is 2.42. The zero-order valence-electron chi connectivity index (χ0n) is 7.84. The van der Waals surface area contributed by atoms with Crippen molar-refractivity contribution in [2.75, 3.05) is 7.11 Å². The van der Waals surface area contributed by atoms with Crippen molar-refractivity contribution in [3.8, 4) is 17.0 Å². The largest absolute Gasteiger partial charge is 0.497 e. The molecule has 14 heavy (non-hydrogen) atoms. The summed E-state index contributed by atoms with van der Waals surface area (Å²) >= 11 is 0. The molecule has 70 valence electrons. The van der Waals surface area contributed by atoms with Crippen molar-refractivity contribution < 1.29 is 4.74 Å². The molecule has 1 heterocycles. The van der Waals surface area contributed by atoms with Gasteiger partial charge in [0, 0.05) is 18.0 Å². The third kappa shape index (κ3) is 1.71. The first-order valence-electron chi connectivity index (χ1n) is 4.30. The van der Waals surface area contributed by atoms with Crippen molar-refractivity contribution in [2.24, 2.45) is 0 Å². The Morgan fingerprint density at radius 3 is 2.86 bits per heavy atom. The second-order valence-electron chi connectivity index (χ2n) is 2.82. The molecule has 1 aromatic carbocycles. The van der Waals surface area contributed by atoms with Crippen molar-refractivity contribution >= 4 is 0 Å². The van der Waals surface area contributed by atoms with Crippen LogP contribution in [0.15, 0.2) is 42.9 Å². The number of aromatic nitrogens is 2. The predicted molar refractivity (Wildman–Crippen MR) is 54.0 cm³/mol. The van der Waals surface area contributed by atoms with Crippen LogP contribution >= 0.6 is 0 Å². The number of ether oxygens (including phenoxy) is 1. The molecule has 0 fully saturated rings. The predicted octanol–water partition coefficient (Wildman–Crippen LogP) is 2.15. The molecule has 0 bridgehead atoms. The summed E-state index contributed by atoms with van der Waals surface area (Å²) in [6.07, 6.45) is 5.06. The average Bonchev–Trinajstić information content (AvgIpc) is 2.30. The smallest absolute Gasteiger partial charge is 0.119 e. The van der Waals surface area contributed by atoms with Gasteiger partial charge in [-0.1, -0.05) is 12.1 Å². The van der Waals surface area contributed by atoms with Gasteiger partial charge in [-0.3, -0.25) is 9.97 Å². The summed E-state index contributed by atoms with van der Waals surface area (Å²) in [5.74, 6) is 0.827. The van der Waals surface area contributed by atoms with E-state index in [1.165, 1.54) is 0 Å². The van der Waals surface area contributed by atoms with E-state index in [0.717, 1.165) is 17.0 Å². The number of benzene rings is 1. The van der Waals surface area contributed by atoms with E-state index in [1.807, 2.05) is 24.3 Å². The van der Waals surface area contributed by atoms with Crippen molar-refractivity contribution in [1.29, 1.82) is 0 Å². The SMILES string of the molecule is COc1cccc(-c2cnccn2)c1. The van der Waals surface area contributed by atoms with Crippen LogP contribution in [-0.2, 0) is 0 Å². The van der Waals surface area contributed by atoms with Gasteiger partial charge in [0.1, 0.15) is 5.75 Å². The van der Waals surface area contributed by atoms with E-state index < -0.39 is 0 Å². The Morgan fingerprint density at radius 2 is 2.14 bits per heavy atom. The lowest BCUT2D eigenvalue weighted by molar-refractivity contribution is 0.415. The zero-order chi connectivity index (χ0) is 9.80. The molecule has 0 saturated heterocycles. The van der Waals surface area contributed by atoms with Crippen LogP contribution in [0.2, 0.25) is 0 Å². The normalized spacial score (nSPS) is 9.79.